The van der Waals surface area contributed by atoms with Crippen LogP contribution in [0, 0.1) is 0 Å². The van der Waals surface area contributed by atoms with E-state index in [0.29, 0.717) is 0 Å². The molecule has 57 valence electrons. The summed E-state index contributed by atoms with van der Waals surface area (Å²) in [5.74, 6) is -1.54. The topological polar surface area (TPSA) is 66.4 Å². The van der Waals surface area contributed by atoms with E-state index in [1.165, 1.54) is 6.92 Å². The van der Waals surface area contributed by atoms with Crippen molar-refractivity contribution in [3.05, 3.63) is 12.7 Å². The van der Waals surface area contributed by atoms with Crippen molar-refractivity contribution in [2.24, 2.45) is 0 Å². The molecule has 0 aliphatic rings. The van der Waals surface area contributed by atoms with Gasteiger partial charge in [0.2, 0.25) is 5.91 Å². The monoisotopic (exact) mass is 182 g/mol. The van der Waals surface area contributed by atoms with Gasteiger partial charge in [0.15, 0.2) is 0 Å². The first-order valence-corrected chi connectivity index (χ1v) is 2.73. The first-order chi connectivity index (χ1) is 4.57. The van der Waals surface area contributed by atoms with Gasteiger partial charge in [0.05, 0.1) is 0 Å². The van der Waals surface area contributed by atoms with Crippen LogP contribution in [0.25, 0.3) is 0 Å². The Morgan fingerprint density at radius 1 is 1.64 bits per heavy atom. The summed E-state index contributed by atoms with van der Waals surface area (Å²) in [5.41, 5.74) is 0. The number of hydrogen-bond acceptors (Lipinski definition) is 2. The van der Waals surface area contributed by atoms with E-state index in [4.69, 9.17) is 5.11 Å². The second-order valence-corrected chi connectivity index (χ2v) is 1.77. The Hall–Kier alpha value is 0.316. The number of carboxylic acid groups (broad SMARTS) is 1. The summed E-state index contributed by atoms with van der Waals surface area (Å²) in [4.78, 5) is 20.5. The molecule has 0 heterocycles. The number of carbonyl (C=O) groups is 2. The summed E-state index contributed by atoms with van der Waals surface area (Å²) in [7, 11) is 0. The first kappa shape index (κ1) is 13.9. The third kappa shape index (κ3) is 6.70. The predicted octanol–water partition coefficient (Wildman–Crippen LogP) is -0.619. The Morgan fingerprint density at radius 3 is 2.36 bits per heavy atom. The van der Waals surface area contributed by atoms with Crippen LogP contribution in [-0.4, -0.2) is 74.4 Å². The number of aliphatic carboxylic acids is 1. The van der Waals surface area contributed by atoms with Crippen LogP contribution in [0.15, 0.2) is 12.7 Å². The summed E-state index contributed by atoms with van der Waals surface area (Å²) >= 11 is 0. The van der Waals surface area contributed by atoms with E-state index in [9.17, 15) is 9.59 Å². The van der Waals surface area contributed by atoms with Crippen molar-refractivity contribution >= 4 is 63.3 Å². The third-order valence-electron chi connectivity index (χ3n) is 0.915. The summed E-state index contributed by atoms with van der Waals surface area (Å²) in [6, 6.07) is -0.856. The van der Waals surface area contributed by atoms with Crippen molar-refractivity contribution in [1.82, 2.24) is 5.32 Å². The van der Waals surface area contributed by atoms with E-state index in [1.807, 2.05) is 0 Å². The molecule has 4 nitrogen and oxygen atoms in total. The summed E-state index contributed by atoms with van der Waals surface area (Å²) in [5, 5.41) is 10.4. The van der Waals surface area contributed by atoms with Gasteiger partial charge in [-0.3, -0.25) is 9.59 Å². The Bertz CT molecular complexity index is 169. The predicted molar refractivity (Wildman–Crippen MR) is 41.2 cm³/mol. The average molecular weight is 182 g/mol. The smallest absolute Gasteiger partial charge is 0.325 e. The molecule has 5 heteroatoms. The number of carbonyl (C=O) groups excluding carboxylic acids is 1. The Balaban J connectivity index is 0. The molecule has 0 aromatic heterocycles. The van der Waals surface area contributed by atoms with Crippen LogP contribution in [-0.2, 0) is 9.59 Å². The SMILES string of the molecule is C=CC(=O)N[C@@H](C)C(=O)O.[K]. The summed E-state index contributed by atoms with van der Waals surface area (Å²) < 4.78 is 0. The molecule has 0 aromatic carbocycles. The van der Waals surface area contributed by atoms with E-state index in [0.717, 1.165) is 6.08 Å². The molecule has 1 atom stereocenters. The molecule has 0 aliphatic carbocycles. The summed E-state index contributed by atoms with van der Waals surface area (Å²) in [6.45, 7) is 4.55. The van der Waals surface area contributed by atoms with Crippen LogP contribution in [0.4, 0.5) is 0 Å². The van der Waals surface area contributed by atoms with Gasteiger partial charge < -0.3 is 10.4 Å². The van der Waals surface area contributed by atoms with Crippen molar-refractivity contribution in [3.63, 3.8) is 0 Å². The zero-order valence-electron chi connectivity index (χ0n) is 6.63. The van der Waals surface area contributed by atoms with Crippen molar-refractivity contribution in [3.8, 4) is 0 Å². The Labute approximate surface area is 107 Å². The number of nitrogens with one attached hydrogen (secondary N) is 1. The maximum Gasteiger partial charge on any atom is 0.325 e. The molecule has 0 bridgehead atoms. The molecule has 0 aliphatic heterocycles. The number of rotatable bonds is 3. The minimum Gasteiger partial charge on any atom is -0.480 e. The average Bonchev–Trinajstić information content (AvgIpc) is 1.87. The van der Waals surface area contributed by atoms with Crippen molar-refractivity contribution in [1.29, 1.82) is 0 Å². The zero-order chi connectivity index (χ0) is 8.15. The second-order valence-electron chi connectivity index (χ2n) is 1.77. The normalized spacial score (nSPS) is 10.6. The van der Waals surface area contributed by atoms with Gasteiger partial charge in [0.1, 0.15) is 6.04 Å². The van der Waals surface area contributed by atoms with Gasteiger partial charge in [-0.25, -0.2) is 0 Å². The van der Waals surface area contributed by atoms with Crippen molar-refractivity contribution in [2.45, 2.75) is 13.0 Å². The van der Waals surface area contributed by atoms with Gasteiger partial charge in [-0.15, -0.1) is 0 Å². The zero-order valence-corrected chi connectivity index (χ0v) is 9.75. The minimum absolute atomic E-state index is 0. The molecule has 0 rings (SSSR count). The molecule has 0 fully saturated rings. The van der Waals surface area contributed by atoms with Crippen LogP contribution in [0.5, 0.6) is 0 Å². The van der Waals surface area contributed by atoms with Crippen LogP contribution in [0.1, 0.15) is 6.92 Å². The molecular formula is C6H9KNO3. The summed E-state index contributed by atoms with van der Waals surface area (Å²) in [6.07, 6.45) is 1.03. The van der Waals surface area contributed by atoms with Gasteiger partial charge in [0.25, 0.3) is 0 Å². The fraction of sp³-hybridized carbons (Fsp3) is 0.333. The first-order valence-electron chi connectivity index (χ1n) is 2.73. The van der Waals surface area contributed by atoms with Gasteiger partial charge in [-0.05, 0) is 13.0 Å². The van der Waals surface area contributed by atoms with Crippen LogP contribution < -0.4 is 5.32 Å². The fourth-order valence-corrected chi connectivity index (χ4v) is 0.334. The molecule has 2 N–H and O–H groups in total. The molecule has 11 heavy (non-hydrogen) atoms. The number of amides is 1. The van der Waals surface area contributed by atoms with Gasteiger partial charge in [0, 0.05) is 51.4 Å². The standard InChI is InChI=1S/C6H9NO3.K/c1-3-5(8)7-4(2)6(9)10;/h3-4H,1H2,2H3,(H,7,8)(H,9,10);/t4-;/m0./s1. The molecule has 0 aromatic rings. The third-order valence-corrected chi connectivity index (χ3v) is 0.915. The molecule has 0 unspecified atom stereocenters. The van der Waals surface area contributed by atoms with E-state index < -0.39 is 17.9 Å². The number of carboxylic acids is 1. The molecule has 0 spiro atoms. The Morgan fingerprint density at radius 2 is 2.09 bits per heavy atom. The van der Waals surface area contributed by atoms with Crippen LogP contribution >= 0.6 is 0 Å². The van der Waals surface area contributed by atoms with Gasteiger partial charge in [-0.1, -0.05) is 6.58 Å². The second kappa shape index (κ2) is 6.99. The van der Waals surface area contributed by atoms with Crippen molar-refractivity contribution < 1.29 is 14.7 Å². The maximum absolute atomic E-state index is 10.4. The van der Waals surface area contributed by atoms with Gasteiger partial charge >= 0.3 is 5.97 Å². The minimum atomic E-state index is -1.06. The van der Waals surface area contributed by atoms with E-state index >= 15 is 0 Å². The quantitative estimate of drug-likeness (QED) is 0.451. The van der Waals surface area contributed by atoms with E-state index in [1.54, 1.807) is 0 Å². The molecular weight excluding hydrogens is 173 g/mol. The molecule has 0 saturated heterocycles. The molecule has 0 saturated carbocycles. The van der Waals surface area contributed by atoms with Crippen molar-refractivity contribution in [2.75, 3.05) is 0 Å². The largest absolute Gasteiger partial charge is 0.480 e. The van der Waals surface area contributed by atoms with E-state index in [2.05, 4.69) is 11.9 Å². The van der Waals surface area contributed by atoms with E-state index in [-0.39, 0.29) is 51.4 Å². The molecule has 1 amide bonds. The van der Waals surface area contributed by atoms with Crippen LogP contribution in [0.2, 0.25) is 0 Å². The van der Waals surface area contributed by atoms with Crippen LogP contribution in [0.3, 0.4) is 0 Å². The Kier molecular flexibility index (Phi) is 8.82. The maximum atomic E-state index is 10.4. The molecule has 1 radical (unpaired) electrons. The van der Waals surface area contributed by atoms with Gasteiger partial charge in [-0.2, -0.15) is 0 Å². The fourth-order valence-electron chi connectivity index (χ4n) is 0.334. The number of hydrogen-bond donors (Lipinski definition) is 2.